The molecular formula is C21H14O5S. The van der Waals surface area contributed by atoms with Crippen LogP contribution in [0.3, 0.4) is 0 Å². The van der Waals surface area contributed by atoms with Gasteiger partial charge in [-0.25, -0.2) is 8.42 Å². The summed E-state index contributed by atoms with van der Waals surface area (Å²) in [5.41, 5.74) is 3.15. The zero-order valence-electron chi connectivity index (χ0n) is 14.2. The molecule has 134 valence electrons. The van der Waals surface area contributed by atoms with E-state index in [1.165, 1.54) is 30.3 Å². The molecule has 0 aromatic heterocycles. The van der Waals surface area contributed by atoms with E-state index in [9.17, 15) is 23.4 Å². The molecule has 27 heavy (non-hydrogen) atoms. The van der Waals surface area contributed by atoms with Gasteiger partial charge in [0.05, 0.1) is 0 Å². The number of fused-ring (bicyclic) bond motifs is 7. The fourth-order valence-electron chi connectivity index (χ4n) is 4.55. The SMILES string of the molecule is Cc1cccc2c1C1(c3ccc(O)cc3-c3cc(O)ccc31)S(=O)(=O)C2=O. The molecule has 0 atom stereocenters. The molecule has 3 aromatic rings. The Morgan fingerprint density at radius 1 is 0.815 bits per heavy atom. The van der Waals surface area contributed by atoms with Crippen LogP contribution in [-0.4, -0.2) is 23.7 Å². The molecule has 2 N–H and O–H groups in total. The van der Waals surface area contributed by atoms with E-state index < -0.39 is 19.7 Å². The lowest BCUT2D eigenvalue weighted by Gasteiger charge is -2.27. The summed E-state index contributed by atoms with van der Waals surface area (Å²) in [5, 5.41) is 19.0. The summed E-state index contributed by atoms with van der Waals surface area (Å²) in [6.07, 6.45) is 0. The number of phenolic OH excluding ortho intramolecular Hbond substituents is 2. The quantitative estimate of drug-likeness (QED) is 0.627. The van der Waals surface area contributed by atoms with Gasteiger partial charge in [0.25, 0.3) is 5.12 Å². The number of hydrogen-bond acceptors (Lipinski definition) is 5. The highest BCUT2D eigenvalue weighted by Gasteiger charge is 2.63. The van der Waals surface area contributed by atoms with Crippen LogP contribution in [-0.2, 0) is 14.6 Å². The van der Waals surface area contributed by atoms with E-state index in [1.54, 1.807) is 31.2 Å². The fraction of sp³-hybridized carbons (Fsp3) is 0.0952. The molecule has 6 heteroatoms. The molecule has 5 rings (SSSR count). The summed E-state index contributed by atoms with van der Waals surface area (Å²) in [4.78, 5) is 12.9. The first kappa shape index (κ1) is 16.1. The zero-order chi connectivity index (χ0) is 19.1. The Morgan fingerprint density at radius 3 is 1.93 bits per heavy atom. The van der Waals surface area contributed by atoms with E-state index in [0.717, 1.165) is 0 Å². The lowest BCUT2D eigenvalue weighted by molar-refractivity contribution is 0.107. The van der Waals surface area contributed by atoms with Gasteiger partial charge in [0.2, 0.25) is 9.84 Å². The van der Waals surface area contributed by atoms with Crippen molar-refractivity contribution in [2.75, 3.05) is 0 Å². The highest BCUT2D eigenvalue weighted by Crippen LogP contribution is 2.61. The first-order chi connectivity index (χ1) is 12.8. The maximum atomic E-state index is 13.5. The molecule has 1 heterocycles. The van der Waals surface area contributed by atoms with Crippen molar-refractivity contribution in [2.24, 2.45) is 0 Å². The van der Waals surface area contributed by atoms with Crippen LogP contribution in [0.25, 0.3) is 11.1 Å². The number of phenols is 2. The van der Waals surface area contributed by atoms with Crippen molar-refractivity contribution in [3.8, 4) is 22.6 Å². The number of carbonyl (C=O) groups is 1. The van der Waals surface area contributed by atoms with Gasteiger partial charge in [0.15, 0.2) is 4.75 Å². The van der Waals surface area contributed by atoms with E-state index in [2.05, 4.69) is 0 Å². The van der Waals surface area contributed by atoms with Crippen LogP contribution in [0, 0.1) is 6.92 Å². The largest absolute Gasteiger partial charge is 0.508 e. The second-order valence-electron chi connectivity index (χ2n) is 6.93. The minimum absolute atomic E-state index is 0.0215. The van der Waals surface area contributed by atoms with Gasteiger partial charge in [0, 0.05) is 5.56 Å². The lowest BCUT2D eigenvalue weighted by atomic mass is 9.83. The topological polar surface area (TPSA) is 91.7 Å². The number of sulfone groups is 1. The standard InChI is InChI=1S/C21H14O5S/c1-11-3-2-4-14-19(11)21(27(25,26)20(14)24)17-7-5-12(22)9-15(17)16-10-13(23)6-8-18(16)21/h2-10,22-23H,1H3. The van der Waals surface area contributed by atoms with Gasteiger partial charge in [-0.15, -0.1) is 0 Å². The van der Waals surface area contributed by atoms with Crippen molar-refractivity contribution < 1.29 is 23.4 Å². The molecule has 0 radical (unpaired) electrons. The molecule has 0 saturated carbocycles. The van der Waals surface area contributed by atoms with Crippen molar-refractivity contribution >= 4 is 15.0 Å². The maximum Gasteiger partial charge on any atom is 0.278 e. The fourth-order valence-corrected chi connectivity index (χ4v) is 6.76. The molecule has 0 fully saturated rings. The summed E-state index contributed by atoms with van der Waals surface area (Å²) in [7, 11) is -4.30. The van der Waals surface area contributed by atoms with Gasteiger partial charge in [-0.3, -0.25) is 4.79 Å². The Labute approximate surface area is 155 Å². The summed E-state index contributed by atoms with van der Waals surface area (Å²) in [5.74, 6) is -0.0429. The van der Waals surface area contributed by atoms with Crippen molar-refractivity contribution in [1.82, 2.24) is 0 Å². The predicted octanol–water partition coefficient (Wildman–Crippen LogP) is 3.25. The van der Waals surface area contributed by atoms with Gasteiger partial charge in [0.1, 0.15) is 11.5 Å². The van der Waals surface area contributed by atoms with Crippen LogP contribution in [0.1, 0.15) is 32.6 Å². The number of hydrogen-bond donors (Lipinski definition) is 2. The maximum absolute atomic E-state index is 13.5. The molecule has 0 bridgehead atoms. The van der Waals surface area contributed by atoms with E-state index in [0.29, 0.717) is 33.4 Å². The second-order valence-corrected chi connectivity index (χ2v) is 8.92. The van der Waals surface area contributed by atoms with Gasteiger partial charge in [-0.1, -0.05) is 24.3 Å². The molecule has 1 aliphatic heterocycles. The van der Waals surface area contributed by atoms with E-state index >= 15 is 0 Å². The van der Waals surface area contributed by atoms with Crippen molar-refractivity contribution in [2.45, 2.75) is 11.7 Å². The van der Waals surface area contributed by atoms with Crippen molar-refractivity contribution in [3.05, 3.63) is 82.4 Å². The second kappa shape index (κ2) is 4.78. The van der Waals surface area contributed by atoms with Gasteiger partial charge < -0.3 is 10.2 Å². The van der Waals surface area contributed by atoms with E-state index in [4.69, 9.17) is 0 Å². The molecule has 1 spiro atoms. The third-order valence-corrected chi connectivity index (χ3v) is 7.71. The number of rotatable bonds is 0. The van der Waals surface area contributed by atoms with Crippen LogP contribution < -0.4 is 0 Å². The normalized spacial score (nSPS) is 17.6. The third-order valence-electron chi connectivity index (χ3n) is 5.55. The Morgan fingerprint density at radius 2 is 1.37 bits per heavy atom. The number of carbonyl (C=O) groups excluding carboxylic acids is 1. The number of aromatic hydroxyl groups is 2. The van der Waals surface area contributed by atoms with Crippen LogP contribution in [0.5, 0.6) is 11.5 Å². The molecule has 0 saturated heterocycles. The van der Waals surface area contributed by atoms with Crippen molar-refractivity contribution in [3.63, 3.8) is 0 Å². The van der Waals surface area contributed by atoms with Crippen molar-refractivity contribution in [1.29, 1.82) is 0 Å². The first-order valence-corrected chi connectivity index (χ1v) is 9.85. The minimum Gasteiger partial charge on any atom is -0.508 e. The van der Waals surface area contributed by atoms with Crippen LogP contribution in [0.2, 0.25) is 0 Å². The molecule has 1 aliphatic carbocycles. The van der Waals surface area contributed by atoms with E-state index in [-0.39, 0.29) is 17.1 Å². The summed E-state index contributed by atoms with van der Waals surface area (Å²) < 4.78 is 25.4. The molecule has 5 nitrogen and oxygen atoms in total. The highest BCUT2D eigenvalue weighted by molar-refractivity contribution is 8.08. The number of benzene rings is 3. The summed E-state index contributed by atoms with van der Waals surface area (Å²) >= 11 is 0. The average molecular weight is 378 g/mol. The summed E-state index contributed by atoms with van der Waals surface area (Å²) in [6, 6.07) is 13.9. The molecule has 3 aromatic carbocycles. The van der Waals surface area contributed by atoms with Gasteiger partial charge in [-0.05, 0) is 70.6 Å². The Hall–Kier alpha value is -3.12. The average Bonchev–Trinajstić information content (AvgIpc) is 3.00. The molecule has 2 aliphatic rings. The highest BCUT2D eigenvalue weighted by atomic mass is 32.2. The molecular weight excluding hydrogens is 364 g/mol. The zero-order valence-corrected chi connectivity index (χ0v) is 15.0. The van der Waals surface area contributed by atoms with Crippen LogP contribution in [0.15, 0.2) is 54.6 Å². The molecule has 0 amide bonds. The monoisotopic (exact) mass is 378 g/mol. The van der Waals surface area contributed by atoms with Crippen LogP contribution >= 0.6 is 0 Å². The Bertz CT molecular complexity index is 1240. The smallest absolute Gasteiger partial charge is 0.278 e. The molecule has 0 unspecified atom stereocenters. The predicted molar refractivity (Wildman–Crippen MR) is 99.5 cm³/mol. The minimum atomic E-state index is -4.30. The number of aryl methyl sites for hydroxylation is 1. The summed E-state index contributed by atoms with van der Waals surface area (Å²) in [6.45, 7) is 1.78. The third kappa shape index (κ3) is 1.64. The van der Waals surface area contributed by atoms with Crippen LogP contribution in [0.4, 0.5) is 0 Å². The van der Waals surface area contributed by atoms with Gasteiger partial charge >= 0.3 is 0 Å². The Balaban J connectivity index is 2.08. The Kier molecular flexibility index (Phi) is 2.85. The lowest BCUT2D eigenvalue weighted by Crippen LogP contribution is -2.35. The van der Waals surface area contributed by atoms with Gasteiger partial charge in [-0.2, -0.15) is 0 Å². The first-order valence-electron chi connectivity index (χ1n) is 8.36. The van der Waals surface area contributed by atoms with E-state index in [1.807, 2.05) is 0 Å².